The molecule has 0 aliphatic heterocycles. The maximum Gasteiger partial charge on any atom is 0.306 e. The molecule has 0 radical (unpaired) electrons. The van der Waals surface area contributed by atoms with E-state index in [1.165, 1.54) is 148 Å². The SMILES string of the molecule is CCCCCCCCCCC/C=C/CCCCCC(CC(=O)NC(CO)C(O)CCCCCCCCCCC)OC(=O)CCCCCCCCCCCC. The molecule has 3 N–H and O–H groups in total. The number of rotatable bonds is 43. The molecule has 6 nitrogen and oxygen atoms in total. The third-order valence-electron chi connectivity index (χ3n) is 11.1. The van der Waals surface area contributed by atoms with E-state index in [2.05, 4.69) is 38.2 Å². The van der Waals surface area contributed by atoms with Crippen molar-refractivity contribution in [1.29, 1.82) is 0 Å². The number of amides is 1. The molecule has 0 aromatic carbocycles. The minimum absolute atomic E-state index is 0.0731. The summed E-state index contributed by atoms with van der Waals surface area (Å²) in [5.41, 5.74) is 0. The van der Waals surface area contributed by atoms with Gasteiger partial charge in [-0.05, 0) is 51.4 Å². The summed E-state index contributed by atoms with van der Waals surface area (Å²) >= 11 is 0. The number of allylic oxidation sites excluding steroid dienone is 2. The molecule has 320 valence electrons. The van der Waals surface area contributed by atoms with Gasteiger partial charge in [-0.2, -0.15) is 0 Å². The van der Waals surface area contributed by atoms with Crippen molar-refractivity contribution in [3.05, 3.63) is 12.2 Å². The molecule has 0 saturated carbocycles. The van der Waals surface area contributed by atoms with E-state index in [0.717, 1.165) is 64.2 Å². The van der Waals surface area contributed by atoms with Crippen LogP contribution in [0.5, 0.6) is 0 Å². The first kappa shape index (κ1) is 52.6. The van der Waals surface area contributed by atoms with Gasteiger partial charge in [0.25, 0.3) is 0 Å². The minimum Gasteiger partial charge on any atom is -0.462 e. The predicted octanol–water partition coefficient (Wildman–Crippen LogP) is 13.8. The van der Waals surface area contributed by atoms with Gasteiger partial charge in [0.15, 0.2) is 0 Å². The molecule has 0 aromatic heterocycles. The van der Waals surface area contributed by atoms with Crippen molar-refractivity contribution in [3.63, 3.8) is 0 Å². The van der Waals surface area contributed by atoms with Crippen molar-refractivity contribution in [2.24, 2.45) is 0 Å². The largest absolute Gasteiger partial charge is 0.462 e. The van der Waals surface area contributed by atoms with Gasteiger partial charge in [0.05, 0.1) is 25.2 Å². The van der Waals surface area contributed by atoms with Crippen LogP contribution >= 0.6 is 0 Å². The van der Waals surface area contributed by atoms with Crippen LogP contribution in [-0.2, 0) is 14.3 Å². The highest BCUT2D eigenvalue weighted by Gasteiger charge is 2.24. The molecule has 0 aliphatic rings. The number of nitrogens with one attached hydrogen (secondary N) is 1. The van der Waals surface area contributed by atoms with Gasteiger partial charge in [-0.3, -0.25) is 9.59 Å². The van der Waals surface area contributed by atoms with E-state index in [-0.39, 0.29) is 24.9 Å². The summed E-state index contributed by atoms with van der Waals surface area (Å²) in [7, 11) is 0. The highest BCUT2D eigenvalue weighted by Crippen LogP contribution is 2.17. The first-order valence-corrected chi connectivity index (χ1v) is 23.9. The zero-order valence-corrected chi connectivity index (χ0v) is 36.4. The van der Waals surface area contributed by atoms with Crippen molar-refractivity contribution in [2.45, 2.75) is 277 Å². The van der Waals surface area contributed by atoms with Crippen LogP contribution in [0.2, 0.25) is 0 Å². The second-order valence-corrected chi connectivity index (χ2v) is 16.5. The number of carbonyl (C=O) groups excluding carboxylic acids is 2. The molecule has 0 saturated heterocycles. The van der Waals surface area contributed by atoms with Crippen molar-refractivity contribution in [2.75, 3.05) is 6.61 Å². The maximum absolute atomic E-state index is 13.1. The summed E-state index contributed by atoms with van der Waals surface area (Å²) in [5, 5.41) is 23.6. The van der Waals surface area contributed by atoms with E-state index < -0.39 is 18.2 Å². The van der Waals surface area contributed by atoms with Gasteiger partial charge in [0, 0.05) is 6.42 Å². The van der Waals surface area contributed by atoms with E-state index in [0.29, 0.717) is 19.3 Å². The Hall–Kier alpha value is -1.40. The molecule has 1 amide bonds. The lowest BCUT2D eigenvalue weighted by Gasteiger charge is -2.24. The second-order valence-electron chi connectivity index (χ2n) is 16.5. The van der Waals surface area contributed by atoms with Crippen LogP contribution in [0, 0.1) is 0 Å². The van der Waals surface area contributed by atoms with Crippen LogP contribution in [0.1, 0.15) is 258 Å². The number of aliphatic hydroxyl groups excluding tert-OH is 2. The van der Waals surface area contributed by atoms with Crippen molar-refractivity contribution >= 4 is 11.9 Å². The first-order valence-electron chi connectivity index (χ1n) is 23.9. The topological polar surface area (TPSA) is 95.9 Å². The zero-order valence-electron chi connectivity index (χ0n) is 36.4. The van der Waals surface area contributed by atoms with E-state index in [9.17, 15) is 19.8 Å². The Morgan fingerprint density at radius 3 is 1.33 bits per heavy atom. The van der Waals surface area contributed by atoms with E-state index in [1.807, 2.05) is 0 Å². The van der Waals surface area contributed by atoms with Crippen LogP contribution in [0.15, 0.2) is 12.2 Å². The van der Waals surface area contributed by atoms with Crippen molar-refractivity contribution in [3.8, 4) is 0 Å². The summed E-state index contributed by atoms with van der Waals surface area (Å²) < 4.78 is 5.90. The number of ether oxygens (including phenoxy) is 1. The lowest BCUT2D eigenvalue weighted by Crippen LogP contribution is -2.46. The van der Waals surface area contributed by atoms with Crippen LogP contribution in [0.25, 0.3) is 0 Å². The lowest BCUT2D eigenvalue weighted by atomic mass is 10.0. The molecular weight excluding hydrogens is 671 g/mol. The van der Waals surface area contributed by atoms with E-state index in [4.69, 9.17) is 4.74 Å². The number of hydrogen-bond donors (Lipinski definition) is 3. The lowest BCUT2D eigenvalue weighted by molar-refractivity contribution is -0.151. The molecule has 0 heterocycles. The Bertz CT molecular complexity index is 817. The molecule has 0 fully saturated rings. The van der Waals surface area contributed by atoms with Crippen LogP contribution in [-0.4, -0.2) is 46.9 Å². The van der Waals surface area contributed by atoms with Gasteiger partial charge in [-0.15, -0.1) is 0 Å². The normalized spacial score (nSPS) is 13.4. The van der Waals surface area contributed by atoms with Gasteiger partial charge < -0.3 is 20.3 Å². The molecular formula is C48H93NO5. The molecule has 3 atom stereocenters. The van der Waals surface area contributed by atoms with Crippen LogP contribution in [0.4, 0.5) is 0 Å². The highest BCUT2D eigenvalue weighted by molar-refractivity contribution is 5.77. The molecule has 3 unspecified atom stereocenters. The van der Waals surface area contributed by atoms with Gasteiger partial charge in [0.1, 0.15) is 6.10 Å². The van der Waals surface area contributed by atoms with Gasteiger partial charge >= 0.3 is 5.97 Å². The Balaban J connectivity index is 4.57. The zero-order chi connectivity index (χ0) is 39.6. The molecule has 0 aliphatic carbocycles. The fraction of sp³-hybridized carbons (Fsp3) is 0.917. The summed E-state index contributed by atoms with van der Waals surface area (Å²) in [6.07, 6.45) is 45.6. The summed E-state index contributed by atoms with van der Waals surface area (Å²) in [4.78, 5) is 26.0. The Morgan fingerprint density at radius 1 is 0.519 bits per heavy atom. The van der Waals surface area contributed by atoms with Gasteiger partial charge in [-0.1, -0.05) is 206 Å². The Morgan fingerprint density at radius 2 is 0.889 bits per heavy atom. The quantitative estimate of drug-likeness (QED) is 0.0326. The molecule has 0 bridgehead atoms. The third kappa shape index (κ3) is 37.5. The average Bonchev–Trinajstić information content (AvgIpc) is 3.16. The Kier molecular flexibility index (Phi) is 41.6. The maximum atomic E-state index is 13.1. The standard InChI is InChI=1S/C48H93NO5/c1-4-7-10-13-16-19-21-22-23-24-25-26-28-30-33-36-39-44(54-48(53)41-38-35-32-29-20-17-14-11-8-5-2)42-47(52)49-45(43-50)46(51)40-37-34-31-27-18-15-12-9-6-3/h25-26,44-46,50-51H,4-24,27-43H2,1-3H3,(H,49,52)/b26-25+. The molecule has 54 heavy (non-hydrogen) atoms. The Labute approximate surface area is 336 Å². The second kappa shape index (κ2) is 42.7. The smallest absolute Gasteiger partial charge is 0.306 e. The van der Waals surface area contributed by atoms with Crippen LogP contribution < -0.4 is 5.32 Å². The van der Waals surface area contributed by atoms with E-state index >= 15 is 0 Å². The molecule has 0 aromatic rings. The highest BCUT2D eigenvalue weighted by atomic mass is 16.5. The third-order valence-corrected chi connectivity index (χ3v) is 11.1. The fourth-order valence-corrected chi connectivity index (χ4v) is 7.43. The summed E-state index contributed by atoms with van der Waals surface area (Å²) in [5.74, 6) is -0.479. The van der Waals surface area contributed by atoms with Crippen molar-refractivity contribution in [1.82, 2.24) is 5.32 Å². The number of unbranched alkanes of at least 4 members (excludes halogenated alkanes) is 29. The molecule has 0 spiro atoms. The number of carbonyl (C=O) groups is 2. The van der Waals surface area contributed by atoms with Gasteiger partial charge in [0.2, 0.25) is 5.91 Å². The van der Waals surface area contributed by atoms with Crippen molar-refractivity contribution < 1.29 is 24.5 Å². The van der Waals surface area contributed by atoms with Crippen LogP contribution in [0.3, 0.4) is 0 Å². The summed E-state index contributed by atoms with van der Waals surface area (Å²) in [6.45, 7) is 6.45. The summed E-state index contributed by atoms with van der Waals surface area (Å²) in [6, 6.07) is -0.697. The van der Waals surface area contributed by atoms with E-state index in [1.54, 1.807) is 0 Å². The average molecular weight is 764 g/mol. The molecule has 6 heteroatoms. The number of hydrogen-bond acceptors (Lipinski definition) is 5. The first-order chi connectivity index (χ1) is 26.5. The number of esters is 1. The number of aliphatic hydroxyl groups is 2. The monoisotopic (exact) mass is 764 g/mol. The fourth-order valence-electron chi connectivity index (χ4n) is 7.43. The molecule has 0 rings (SSSR count). The van der Waals surface area contributed by atoms with Gasteiger partial charge in [-0.25, -0.2) is 0 Å². The predicted molar refractivity (Wildman–Crippen MR) is 232 cm³/mol. The minimum atomic E-state index is -0.783.